The van der Waals surface area contributed by atoms with Crippen molar-refractivity contribution in [1.82, 2.24) is 5.32 Å². The number of hydrogen-bond donors (Lipinski definition) is 2. The van der Waals surface area contributed by atoms with Gasteiger partial charge in [-0.2, -0.15) is 0 Å². The molecule has 0 amide bonds. The summed E-state index contributed by atoms with van der Waals surface area (Å²) in [6.07, 6.45) is 10.4. The lowest BCUT2D eigenvalue weighted by Crippen LogP contribution is -2.54. The highest BCUT2D eigenvalue weighted by atomic mass is 16.5. The highest BCUT2D eigenvalue weighted by Gasteiger charge is 2.42. The second-order valence-electron chi connectivity index (χ2n) is 7.66. The molecule has 2 fully saturated rings. The van der Waals surface area contributed by atoms with Crippen LogP contribution in [0.4, 0.5) is 0 Å². The van der Waals surface area contributed by atoms with Crippen LogP contribution in [0.2, 0.25) is 0 Å². The lowest BCUT2D eigenvalue weighted by molar-refractivity contribution is -0.0168. The van der Waals surface area contributed by atoms with Gasteiger partial charge in [0.25, 0.3) is 0 Å². The van der Waals surface area contributed by atoms with Gasteiger partial charge in [-0.05, 0) is 43.9 Å². The van der Waals surface area contributed by atoms with Crippen molar-refractivity contribution >= 4 is 0 Å². The first-order chi connectivity index (χ1) is 10.1. The van der Waals surface area contributed by atoms with Crippen molar-refractivity contribution in [3.8, 4) is 0 Å². The molecule has 0 aromatic rings. The molecule has 0 aromatic heterocycles. The Kier molecular flexibility index (Phi) is 6.51. The molecule has 21 heavy (non-hydrogen) atoms. The summed E-state index contributed by atoms with van der Waals surface area (Å²) in [5, 5.41) is 13.6. The van der Waals surface area contributed by atoms with E-state index in [1.807, 2.05) is 0 Å². The SMILES string of the molecule is CC(C)NC1(CO)CCCC1CCOC1CCCCC1C. The zero-order valence-electron chi connectivity index (χ0n) is 14.2. The van der Waals surface area contributed by atoms with E-state index in [9.17, 15) is 5.11 Å². The first kappa shape index (κ1) is 17.2. The quantitative estimate of drug-likeness (QED) is 0.755. The van der Waals surface area contributed by atoms with Crippen molar-refractivity contribution in [3.05, 3.63) is 0 Å². The molecule has 0 heterocycles. The van der Waals surface area contributed by atoms with E-state index in [4.69, 9.17) is 4.74 Å². The largest absolute Gasteiger partial charge is 0.394 e. The van der Waals surface area contributed by atoms with Gasteiger partial charge in [0.05, 0.1) is 12.7 Å². The molecule has 2 aliphatic carbocycles. The lowest BCUT2D eigenvalue weighted by atomic mass is 9.84. The summed E-state index contributed by atoms with van der Waals surface area (Å²) in [4.78, 5) is 0. The molecule has 0 aromatic carbocycles. The van der Waals surface area contributed by atoms with E-state index >= 15 is 0 Å². The molecule has 4 unspecified atom stereocenters. The van der Waals surface area contributed by atoms with E-state index in [1.54, 1.807) is 0 Å². The molecular weight excluding hydrogens is 262 g/mol. The van der Waals surface area contributed by atoms with Gasteiger partial charge in [0.2, 0.25) is 0 Å². The van der Waals surface area contributed by atoms with Gasteiger partial charge >= 0.3 is 0 Å². The van der Waals surface area contributed by atoms with E-state index in [1.165, 1.54) is 38.5 Å². The third kappa shape index (κ3) is 4.43. The summed E-state index contributed by atoms with van der Waals surface area (Å²) in [7, 11) is 0. The molecule has 0 aliphatic heterocycles. The van der Waals surface area contributed by atoms with Crippen LogP contribution in [0.1, 0.15) is 72.1 Å². The lowest BCUT2D eigenvalue weighted by Gasteiger charge is -2.37. The summed E-state index contributed by atoms with van der Waals surface area (Å²) >= 11 is 0. The minimum atomic E-state index is -0.0598. The Morgan fingerprint density at radius 1 is 1.19 bits per heavy atom. The zero-order chi connectivity index (χ0) is 15.3. The number of aliphatic hydroxyl groups is 1. The number of hydrogen-bond acceptors (Lipinski definition) is 3. The Hall–Kier alpha value is -0.120. The summed E-state index contributed by atoms with van der Waals surface area (Å²) < 4.78 is 6.19. The molecule has 2 aliphatic rings. The van der Waals surface area contributed by atoms with Crippen molar-refractivity contribution in [2.75, 3.05) is 13.2 Å². The summed E-state index contributed by atoms with van der Waals surface area (Å²) in [6.45, 7) is 7.80. The fourth-order valence-corrected chi connectivity index (χ4v) is 4.48. The summed E-state index contributed by atoms with van der Waals surface area (Å²) in [5.41, 5.74) is -0.0598. The highest BCUT2D eigenvalue weighted by molar-refractivity contribution is 4.99. The van der Waals surface area contributed by atoms with Gasteiger partial charge in [-0.1, -0.05) is 40.0 Å². The van der Waals surface area contributed by atoms with Crippen molar-refractivity contribution in [3.63, 3.8) is 0 Å². The van der Waals surface area contributed by atoms with E-state index < -0.39 is 0 Å². The fraction of sp³-hybridized carbons (Fsp3) is 1.00. The molecule has 4 atom stereocenters. The minimum absolute atomic E-state index is 0.0598. The molecular formula is C18H35NO2. The molecule has 124 valence electrons. The molecule has 2 N–H and O–H groups in total. The Morgan fingerprint density at radius 3 is 2.62 bits per heavy atom. The predicted molar refractivity (Wildman–Crippen MR) is 87.4 cm³/mol. The van der Waals surface area contributed by atoms with Crippen LogP contribution in [-0.4, -0.2) is 36.0 Å². The molecule has 2 rings (SSSR count). The molecule has 3 heteroatoms. The van der Waals surface area contributed by atoms with Gasteiger partial charge in [0.1, 0.15) is 0 Å². The normalized spacial score (nSPS) is 37.3. The number of nitrogens with one attached hydrogen (secondary N) is 1. The maximum atomic E-state index is 9.92. The Balaban J connectivity index is 1.80. The van der Waals surface area contributed by atoms with E-state index in [2.05, 4.69) is 26.1 Å². The standard InChI is InChI=1S/C18H35NO2/c1-14(2)19-18(13-20)11-6-8-16(18)10-12-21-17-9-5-4-7-15(17)3/h14-17,19-20H,4-13H2,1-3H3. The van der Waals surface area contributed by atoms with Crippen molar-refractivity contribution in [2.45, 2.75) is 89.8 Å². The van der Waals surface area contributed by atoms with E-state index in [0.29, 0.717) is 18.1 Å². The summed E-state index contributed by atoms with van der Waals surface area (Å²) in [5.74, 6) is 1.28. The van der Waals surface area contributed by atoms with Gasteiger partial charge in [-0.15, -0.1) is 0 Å². The van der Waals surface area contributed by atoms with Crippen molar-refractivity contribution in [2.24, 2.45) is 11.8 Å². The van der Waals surface area contributed by atoms with Crippen LogP contribution in [-0.2, 0) is 4.74 Å². The maximum Gasteiger partial charge on any atom is 0.0616 e. The van der Waals surface area contributed by atoms with Crippen LogP contribution < -0.4 is 5.32 Å². The summed E-state index contributed by atoms with van der Waals surface area (Å²) in [6, 6.07) is 0.428. The Labute approximate surface area is 130 Å². The van der Waals surface area contributed by atoms with Gasteiger partial charge < -0.3 is 15.2 Å². The van der Waals surface area contributed by atoms with Crippen LogP contribution in [0.25, 0.3) is 0 Å². The molecule has 2 saturated carbocycles. The molecule has 0 radical (unpaired) electrons. The van der Waals surface area contributed by atoms with Crippen molar-refractivity contribution < 1.29 is 9.84 Å². The second-order valence-corrected chi connectivity index (χ2v) is 7.66. The zero-order valence-corrected chi connectivity index (χ0v) is 14.2. The van der Waals surface area contributed by atoms with E-state index in [0.717, 1.165) is 25.4 Å². The Bertz CT molecular complexity index is 308. The fourth-order valence-electron chi connectivity index (χ4n) is 4.48. The Morgan fingerprint density at radius 2 is 1.95 bits per heavy atom. The number of aliphatic hydroxyl groups excluding tert-OH is 1. The van der Waals surface area contributed by atoms with Gasteiger partial charge in [-0.25, -0.2) is 0 Å². The average molecular weight is 297 g/mol. The predicted octanol–water partition coefficient (Wildman–Crippen LogP) is 3.50. The third-order valence-corrected chi connectivity index (χ3v) is 5.65. The number of rotatable bonds is 7. The van der Waals surface area contributed by atoms with Crippen LogP contribution in [0.5, 0.6) is 0 Å². The third-order valence-electron chi connectivity index (χ3n) is 5.65. The molecule has 0 bridgehead atoms. The first-order valence-electron chi connectivity index (χ1n) is 9.07. The van der Waals surface area contributed by atoms with Gasteiger partial charge in [-0.3, -0.25) is 0 Å². The van der Waals surface area contributed by atoms with Crippen LogP contribution in [0.15, 0.2) is 0 Å². The molecule has 0 spiro atoms. The van der Waals surface area contributed by atoms with Crippen molar-refractivity contribution in [1.29, 1.82) is 0 Å². The smallest absolute Gasteiger partial charge is 0.0616 e. The van der Waals surface area contributed by atoms with Crippen LogP contribution in [0, 0.1) is 11.8 Å². The monoisotopic (exact) mass is 297 g/mol. The molecule has 3 nitrogen and oxygen atoms in total. The van der Waals surface area contributed by atoms with Gasteiger partial charge in [0.15, 0.2) is 0 Å². The average Bonchev–Trinajstić information content (AvgIpc) is 2.84. The maximum absolute atomic E-state index is 9.92. The topological polar surface area (TPSA) is 41.5 Å². The first-order valence-corrected chi connectivity index (χ1v) is 9.07. The van der Waals surface area contributed by atoms with E-state index in [-0.39, 0.29) is 12.1 Å². The van der Waals surface area contributed by atoms with Crippen LogP contribution in [0.3, 0.4) is 0 Å². The number of ether oxygens (including phenoxy) is 1. The second kappa shape index (κ2) is 7.94. The van der Waals surface area contributed by atoms with Gasteiger partial charge in [0, 0.05) is 18.2 Å². The van der Waals surface area contributed by atoms with Crippen LogP contribution >= 0.6 is 0 Å². The highest BCUT2D eigenvalue weighted by Crippen LogP contribution is 2.38. The minimum Gasteiger partial charge on any atom is -0.394 e. The molecule has 0 saturated heterocycles.